The number of rotatable bonds is 39. The van der Waals surface area contributed by atoms with Crippen LogP contribution in [0.15, 0.2) is 48.0 Å². The summed E-state index contributed by atoms with van der Waals surface area (Å²) >= 11 is 0. The van der Waals surface area contributed by atoms with Crippen LogP contribution in [0.4, 0.5) is 0 Å². The van der Waals surface area contributed by atoms with Gasteiger partial charge in [0.25, 0.3) is 0 Å². The molecule has 0 aromatic heterocycles. The molecule has 0 fully saturated rings. The second-order valence-corrected chi connectivity index (χ2v) is 20.1. The molecule has 2 aromatic rings. The monoisotopic (exact) mass is 965 g/mol. The van der Waals surface area contributed by atoms with Gasteiger partial charge in [0.2, 0.25) is 11.4 Å². The van der Waals surface area contributed by atoms with Gasteiger partial charge in [-0.2, -0.15) is 12.8 Å². The normalized spacial score (nSPS) is 12.1. The fraction of sp³-hybridized carbons (Fsp3) is 0.719. The second kappa shape index (κ2) is 46.4. The summed E-state index contributed by atoms with van der Waals surface area (Å²) in [5.41, 5.74) is 23.0. The molecule has 2 aromatic carbocycles. The summed E-state index contributed by atoms with van der Waals surface area (Å²) in [6.45, 7) is 23.6. The molecule has 3 rings (SSSR count). The van der Waals surface area contributed by atoms with Crippen LogP contribution in [-0.2, 0) is 42.2 Å². The summed E-state index contributed by atoms with van der Waals surface area (Å²) in [4.78, 5) is 0. The molecule has 3 heteroatoms. The SMILES string of the molecule is CCCCC1=C(c2cc(CCCC)cc(CCCC)c2)[N+](=[N-])C(c2cc(CCCC)cc(CCCC)c2)=C1.[CH2-]CCCCCCCCCCCCC.[CH2-]CCCCCCCCCCCCC.[Ni+2]. The van der Waals surface area contributed by atoms with Crippen LogP contribution in [0.2, 0.25) is 0 Å². The Morgan fingerprint density at radius 2 is 0.612 bits per heavy atom. The Bertz CT molecular complexity index is 1420. The van der Waals surface area contributed by atoms with Gasteiger partial charge in [0.15, 0.2) is 0 Å². The minimum atomic E-state index is 0. The quantitative estimate of drug-likeness (QED) is 0.0276. The molecule has 386 valence electrons. The molecule has 0 unspecified atom stereocenters. The molecule has 0 spiro atoms. The number of benzene rings is 2. The van der Waals surface area contributed by atoms with E-state index in [4.69, 9.17) is 0 Å². The first-order valence-corrected chi connectivity index (χ1v) is 29.2. The zero-order valence-electron chi connectivity index (χ0n) is 45.7. The van der Waals surface area contributed by atoms with Crippen molar-refractivity contribution in [3.63, 3.8) is 0 Å². The van der Waals surface area contributed by atoms with E-state index in [1.807, 2.05) is 0 Å². The summed E-state index contributed by atoms with van der Waals surface area (Å²) < 4.78 is 1.52. The minimum absolute atomic E-state index is 0. The minimum Gasteiger partial charge on any atom is -0.493 e. The number of hydrogen-bond acceptors (Lipinski definition) is 0. The van der Waals surface area contributed by atoms with E-state index in [1.54, 1.807) is 0 Å². The maximum atomic E-state index is 11.8. The van der Waals surface area contributed by atoms with Gasteiger partial charge in [0.05, 0.1) is 0 Å². The van der Waals surface area contributed by atoms with E-state index in [-0.39, 0.29) is 16.5 Å². The summed E-state index contributed by atoms with van der Waals surface area (Å²) in [7, 11) is 0. The van der Waals surface area contributed by atoms with Crippen molar-refractivity contribution in [3.8, 4) is 0 Å². The van der Waals surface area contributed by atoms with Crippen molar-refractivity contribution in [3.05, 3.63) is 101 Å². The number of hydrogen-bond donors (Lipinski definition) is 0. The number of aryl methyl sites for hydroxylation is 4. The van der Waals surface area contributed by atoms with Crippen molar-refractivity contribution in [2.75, 3.05) is 0 Å². The zero-order valence-corrected chi connectivity index (χ0v) is 46.7. The van der Waals surface area contributed by atoms with E-state index in [0.29, 0.717) is 0 Å². The van der Waals surface area contributed by atoms with Crippen LogP contribution in [0.5, 0.6) is 0 Å². The van der Waals surface area contributed by atoms with Crippen LogP contribution in [0, 0.1) is 13.8 Å². The fourth-order valence-electron chi connectivity index (χ4n) is 9.21. The number of allylic oxidation sites excluding steroid dienone is 2. The topological polar surface area (TPSA) is 25.3 Å². The largest absolute Gasteiger partial charge is 2.00 e. The zero-order chi connectivity index (χ0) is 48.3. The van der Waals surface area contributed by atoms with Crippen LogP contribution in [0.25, 0.3) is 16.9 Å². The molecule has 0 N–H and O–H groups in total. The predicted molar refractivity (Wildman–Crippen MR) is 298 cm³/mol. The molecule has 0 saturated heterocycles. The molecule has 0 saturated carbocycles. The maximum Gasteiger partial charge on any atom is 2.00 e. The van der Waals surface area contributed by atoms with Gasteiger partial charge < -0.3 is 19.4 Å². The van der Waals surface area contributed by atoms with E-state index < -0.39 is 0 Å². The smallest absolute Gasteiger partial charge is 0.493 e. The van der Waals surface area contributed by atoms with Gasteiger partial charge in [-0.15, -0.1) is 0 Å². The Labute approximate surface area is 430 Å². The van der Waals surface area contributed by atoms with Crippen LogP contribution >= 0.6 is 0 Å². The van der Waals surface area contributed by atoms with E-state index in [9.17, 15) is 5.53 Å². The molecule has 0 atom stereocenters. The first-order chi connectivity index (χ1) is 32.4. The summed E-state index contributed by atoms with van der Waals surface area (Å²) in [6, 6.07) is 14.1. The molecule has 67 heavy (non-hydrogen) atoms. The Hall–Kier alpha value is -1.99. The molecule has 0 aliphatic carbocycles. The molecular formula is C64H110N2Ni. The molecule has 1 aliphatic heterocycles. The van der Waals surface area contributed by atoms with Crippen LogP contribution < -0.4 is 0 Å². The van der Waals surface area contributed by atoms with Gasteiger partial charge in [-0.3, -0.25) is 0 Å². The Kier molecular flexibility index (Phi) is 45.0. The van der Waals surface area contributed by atoms with E-state index >= 15 is 0 Å². The van der Waals surface area contributed by atoms with Gasteiger partial charge in [0, 0.05) is 22.8 Å². The van der Waals surface area contributed by atoms with E-state index in [0.717, 1.165) is 74.7 Å². The number of unbranched alkanes of at least 4 members (excludes halogenated alkanes) is 27. The first-order valence-electron chi connectivity index (χ1n) is 29.2. The van der Waals surface area contributed by atoms with E-state index in [2.05, 4.69) is 105 Å². The van der Waals surface area contributed by atoms with Gasteiger partial charge >= 0.3 is 16.5 Å². The summed E-state index contributed by atoms with van der Waals surface area (Å²) in [5, 5.41) is 0. The molecular weight excluding hydrogens is 855 g/mol. The molecule has 2 nitrogen and oxygen atoms in total. The Morgan fingerprint density at radius 1 is 0.343 bits per heavy atom. The van der Waals surface area contributed by atoms with Crippen molar-refractivity contribution in [2.45, 2.75) is 299 Å². The van der Waals surface area contributed by atoms with Crippen LogP contribution in [0.1, 0.15) is 307 Å². The molecule has 1 aliphatic rings. The second-order valence-electron chi connectivity index (χ2n) is 20.1. The van der Waals surface area contributed by atoms with Gasteiger partial charge in [-0.25, -0.2) is 4.70 Å². The van der Waals surface area contributed by atoms with E-state index in [1.165, 1.54) is 231 Å². The summed E-state index contributed by atoms with van der Waals surface area (Å²) in [5.74, 6) is 0. The average molecular weight is 966 g/mol. The van der Waals surface area contributed by atoms with Crippen molar-refractivity contribution in [1.29, 1.82) is 0 Å². The molecule has 0 amide bonds. The fourth-order valence-corrected chi connectivity index (χ4v) is 9.21. The Morgan fingerprint density at radius 3 is 0.910 bits per heavy atom. The van der Waals surface area contributed by atoms with Crippen molar-refractivity contribution >= 4 is 11.4 Å². The van der Waals surface area contributed by atoms with Crippen molar-refractivity contribution < 1.29 is 21.2 Å². The molecule has 0 radical (unpaired) electrons. The Balaban J connectivity index is 0.00000123. The first kappa shape index (κ1) is 65.0. The third-order valence-electron chi connectivity index (χ3n) is 13.5. The van der Waals surface area contributed by atoms with Gasteiger partial charge in [-0.05, 0) is 111 Å². The predicted octanol–water partition coefficient (Wildman–Crippen LogP) is 22.1. The molecule has 1 heterocycles. The van der Waals surface area contributed by atoms with Crippen LogP contribution in [-0.4, -0.2) is 4.70 Å². The third-order valence-corrected chi connectivity index (χ3v) is 13.5. The van der Waals surface area contributed by atoms with Crippen molar-refractivity contribution in [2.24, 2.45) is 0 Å². The maximum absolute atomic E-state index is 11.8. The number of nitrogens with zero attached hydrogens (tertiary/aromatic N) is 2. The average Bonchev–Trinajstić information content (AvgIpc) is 3.67. The van der Waals surface area contributed by atoms with Gasteiger partial charge in [-0.1, -0.05) is 234 Å². The van der Waals surface area contributed by atoms with Gasteiger partial charge in [0.1, 0.15) is 0 Å². The summed E-state index contributed by atoms with van der Waals surface area (Å²) in [6.07, 6.45) is 53.3. The molecule has 0 bridgehead atoms. The third kappa shape index (κ3) is 31.8. The van der Waals surface area contributed by atoms with Crippen LogP contribution in [0.3, 0.4) is 0 Å². The standard InChI is InChI=1S/C36H52N2.2C14H29.Ni/c1-6-11-16-28-21-29(17-12-7-2)24-33(23-28)35-27-32(20-15-10-5)36(38(35)37)34-25-30(18-13-8-3)22-31(26-34)19-14-9-4;2*1-3-5-7-9-11-13-14-12-10-8-6-4-2;/h21-27H,6-20H2,1-5H3;2*1,3-14H2,2H3;/q;2*-1;+2. The van der Waals surface area contributed by atoms with Crippen molar-refractivity contribution in [1.82, 2.24) is 0 Å².